The number of halogens is 1. The van der Waals surface area contributed by atoms with E-state index in [0.717, 1.165) is 16.8 Å². The van der Waals surface area contributed by atoms with Crippen LogP contribution in [-0.2, 0) is 0 Å². The molecule has 0 aliphatic rings. The minimum atomic E-state index is -0.0828. The molecule has 0 radical (unpaired) electrons. The van der Waals surface area contributed by atoms with Gasteiger partial charge in [0.25, 0.3) is 5.91 Å². The van der Waals surface area contributed by atoms with Gasteiger partial charge in [-0.05, 0) is 37.6 Å². The zero-order valence-electron chi connectivity index (χ0n) is 11.0. The molecule has 2 rings (SSSR count). The fourth-order valence-electron chi connectivity index (χ4n) is 1.86. The van der Waals surface area contributed by atoms with Gasteiger partial charge in [0.1, 0.15) is 0 Å². The van der Waals surface area contributed by atoms with Crippen molar-refractivity contribution in [2.75, 3.05) is 5.32 Å². The lowest BCUT2D eigenvalue weighted by Crippen LogP contribution is -2.13. The lowest BCUT2D eigenvalue weighted by molar-refractivity contribution is 0.102. The van der Waals surface area contributed by atoms with Crippen molar-refractivity contribution in [3.8, 4) is 0 Å². The van der Waals surface area contributed by atoms with E-state index in [-0.39, 0.29) is 10.7 Å². The van der Waals surface area contributed by atoms with Crippen LogP contribution in [0.25, 0.3) is 0 Å². The van der Waals surface area contributed by atoms with Gasteiger partial charge in [0.05, 0.1) is 0 Å². The number of hydrogen-bond acceptors (Lipinski definition) is 1. The summed E-state index contributed by atoms with van der Waals surface area (Å²) in [5.74, 6) is -0.0828. The summed E-state index contributed by atoms with van der Waals surface area (Å²) in [4.78, 5) is 12.4. The maximum absolute atomic E-state index is 12.2. The summed E-state index contributed by atoms with van der Waals surface area (Å²) >= 11 is 3.54. The van der Waals surface area contributed by atoms with Gasteiger partial charge < -0.3 is 5.32 Å². The number of benzene rings is 2. The largest absolute Gasteiger partial charge is 0.322 e. The van der Waals surface area contributed by atoms with E-state index in [2.05, 4.69) is 21.2 Å². The highest BCUT2D eigenvalue weighted by Gasteiger charge is 2.11. The van der Waals surface area contributed by atoms with E-state index >= 15 is 0 Å². The SMILES string of the molecule is Cc1ccc(C(=O)Nc2ccccc2C(C)Br)cc1. The van der Waals surface area contributed by atoms with E-state index in [1.807, 2.05) is 62.4 Å². The lowest BCUT2D eigenvalue weighted by atomic mass is 10.1. The molecule has 0 aromatic heterocycles. The van der Waals surface area contributed by atoms with Crippen molar-refractivity contribution in [3.05, 3.63) is 65.2 Å². The molecule has 2 aromatic rings. The Labute approximate surface area is 122 Å². The molecule has 0 heterocycles. The summed E-state index contributed by atoms with van der Waals surface area (Å²) in [6.45, 7) is 4.04. The summed E-state index contributed by atoms with van der Waals surface area (Å²) in [6, 6.07) is 15.4. The van der Waals surface area contributed by atoms with Crippen molar-refractivity contribution < 1.29 is 4.79 Å². The van der Waals surface area contributed by atoms with Crippen molar-refractivity contribution in [1.29, 1.82) is 0 Å². The Morgan fingerprint density at radius 2 is 1.74 bits per heavy atom. The molecule has 0 aliphatic heterocycles. The Bertz CT molecular complexity index is 576. The number of anilines is 1. The van der Waals surface area contributed by atoms with Crippen LogP contribution < -0.4 is 5.32 Å². The van der Waals surface area contributed by atoms with E-state index < -0.39 is 0 Å². The minimum Gasteiger partial charge on any atom is -0.322 e. The molecule has 2 nitrogen and oxygen atoms in total. The summed E-state index contributed by atoms with van der Waals surface area (Å²) < 4.78 is 0. The van der Waals surface area contributed by atoms with Crippen molar-refractivity contribution in [3.63, 3.8) is 0 Å². The fraction of sp³-hybridized carbons (Fsp3) is 0.188. The highest BCUT2D eigenvalue weighted by molar-refractivity contribution is 9.09. The zero-order valence-corrected chi connectivity index (χ0v) is 12.6. The number of carbonyl (C=O) groups is 1. The maximum Gasteiger partial charge on any atom is 0.255 e. The number of para-hydroxylation sites is 1. The van der Waals surface area contributed by atoms with Crippen LogP contribution in [0, 0.1) is 6.92 Å². The predicted molar refractivity (Wildman–Crippen MR) is 82.9 cm³/mol. The van der Waals surface area contributed by atoms with Gasteiger partial charge in [-0.25, -0.2) is 0 Å². The fourth-order valence-corrected chi connectivity index (χ4v) is 2.26. The molecule has 1 N–H and O–H groups in total. The number of rotatable bonds is 3. The first-order chi connectivity index (χ1) is 9.08. The van der Waals surface area contributed by atoms with Crippen molar-refractivity contribution in [1.82, 2.24) is 0 Å². The number of carbonyl (C=O) groups excluding carboxylic acids is 1. The molecule has 0 saturated carbocycles. The highest BCUT2D eigenvalue weighted by Crippen LogP contribution is 2.28. The molecule has 0 aliphatic carbocycles. The monoisotopic (exact) mass is 317 g/mol. The van der Waals surface area contributed by atoms with Crippen LogP contribution in [0.4, 0.5) is 5.69 Å². The van der Waals surface area contributed by atoms with Gasteiger partial charge in [-0.1, -0.05) is 51.8 Å². The molecule has 98 valence electrons. The smallest absolute Gasteiger partial charge is 0.255 e. The Morgan fingerprint density at radius 1 is 1.11 bits per heavy atom. The Morgan fingerprint density at radius 3 is 2.37 bits per heavy atom. The second-order valence-electron chi connectivity index (χ2n) is 4.52. The van der Waals surface area contributed by atoms with E-state index in [1.54, 1.807) is 0 Å². The van der Waals surface area contributed by atoms with Gasteiger partial charge in [0.15, 0.2) is 0 Å². The number of hydrogen-bond donors (Lipinski definition) is 1. The first-order valence-corrected chi connectivity index (χ1v) is 7.10. The summed E-state index contributed by atoms with van der Waals surface area (Å²) in [5, 5.41) is 2.96. The number of nitrogens with one attached hydrogen (secondary N) is 1. The summed E-state index contributed by atoms with van der Waals surface area (Å²) in [7, 11) is 0. The van der Waals surface area contributed by atoms with Crippen LogP contribution in [0.1, 0.15) is 33.2 Å². The van der Waals surface area contributed by atoms with Gasteiger partial charge in [0.2, 0.25) is 0 Å². The topological polar surface area (TPSA) is 29.1 Å². The van der Waals surface area contributed by atoms with Crippen molar-refractivity contribution >= 4 is 27.5 Å². The van der Waals surface area contributed by atoms with Crippen LogP contribution in [0.3, 0.4) is 0 Å². The average molecular weight is 318 g/mol. The third kappa shape index (κ3) is 3.44. The standard InChI is InChI=1S/C16H16BrNO/c1-11-7-9-13(10-8-11)16(19)18-15-6-4-3-5-14(15)12(2)17/h3-10,12H,1-2H3,(H,18,19). The maximum atomic E-state index is 12.2. The van der Waals surface area contributed by atoms with Gasteiger partial charge in [-0.3, -0.25) is 4.79 Å². The van der Waals surface area contributed by atoms with E-state index in [0.29, 0.717) is 5.56 Å². The Hall–Kier alpha value is -1.61. The molecule has 3 heteroatoms. The molecule has 0 spiro atoms. The molecule has 2 aromatic carbocycles. The van der Waals surface area contributed by atoms with Gasteiger partial charge >= 0.3 is 0 Å². The van der Waals surface area contributed by atoms with Crippen molar-refractivity contribution in [2.45, 2.75) is 18.7 Å². The molecular weight excluding hydrogens is 302 g/mol. The van der Waals surface area contributed by atoms with Gasteiger partial charge in [0, 0.05) is 16.1 Å². The van der Waals surface area contributed by atoms with E-state index in [9.17, 15) is 4.79 Å². The molecule has 1 amide bonds. The second kappa shape index (κ2) is 6.02. The summed E-state index contributed by atoms with van der Waals surface area (Å²) in [5.41, 5.74) is 3.73. The number of amides is 1. The molecule has 1 unspecified atom stereocenters. The van der Waals surface area contributed by atoms with E-state index in [1.165, 1.54) is 0 Å². The summed E-state index contributed by atoms with van der Waals surface area (Å²) in [6.07, 6.45) is 0. The van der Waals surface area contributed by atoms with E-state index in [4.69, 9.17) is 0 Å². The van der Waals surface area contributed by atoms with Gasteiger partial charge in [-0.15, -0.1) is 0 Å². The third-order valence-corrected chi connectivity index (χ3v) is 3.44. The molecular formula is C16H16BrNO. The molecule has 0 bridgehead atoms. The Balaban J connectivity index is 2.22. The molecule has 0 fully saturated rings. The van der Waals surface area contributed by atoms with Crippen molar-refractivity contribution in [2.24, 2.45) is 0 Å². The zero-order chi connectivity index (χ0) is 13.8. The second-order valence-corrected chi connectivity index (χ2v) is 5.90. The normalized spacial score (nSPS) is 11.9. The Kier molecular flexibility index (Phi) is 4.38. The van der Waals surface area contributed by atoms with Crippen LogP contribution in [0.2, 0.25) is 0 Å². The van der Waals surface area contributed by atoms with Crippen LogP contribution in [-0.4, -0.2) is 5.91 Å². The molecule has 0 saturated heterocycles. The molecule has 1 atom stereocenters. The average Bonchev–Trinajstić information content (AvgIpc) is 2.39. The first kappa shape index (κ1) is 13.8. The minimum absolute atomic E-state index is 0.0828. The predicted octanol–water partition coefficient (Wildman–Crippen LogP) is 4.70. The van der Waals surface area contributed by atoms with Crippen LogP contribution >= 0.6 is 15.9 Å². The lowest BCUT2D eigenvalue weighted by Gasteiger charge is -2.12. The van der Waals surface area contributed by atoms with Crippen LogP contribution in [0.5, 0.6) is 0 Å². The first-order valence-electron chi connectivity index (χ1n) is 6.19. The van der Waals surface area contributed by atoms with Gasteiger partial charge in [-0.2, -0.15) is 0 Å². The highest BCUT2D eigenvalue weighted by atomic mass is 79.9. The number of aryl methyl sites for hydroxylation is 1. The van der Waals surface area contributed by atoms with Crippen LogP contribution in [0.15, 0.2) is 48.5 Å². The third-order valence-electron chi connectivity index (χ3n) is 2.95. The quantitative estimate of drug-likeness (QED) is 0.816. The molecule has 19 heavy (non-hydrogen) atoms. The number of alkyl halides is 1.